The topological polar surface area (TPSA) is 17.8 Å². The number of benzene rings is 1. The molecule has 0 saturated heterocycles. The predicted octanol–water partition coefficient (Wildman–Crippen LogP) is 3.78. The van der Waals surface area contributed by atoms with E-state index in [0.717, 1.165) is 24.4 Å². The first-order valence-electron chi connectivity index (χ1n) is 6.86. The van der Waals surface area contributed by atoms with E-state index in [9.17, 15) is 0 Å². The molecule has 0 fully saturated rings. The van der Waals surface area contributed by atoms with E-state index in [1.54, 1.807) is 0 Å². The summed E-state index contributed by atoms with van der Waals surface area (Å²) < 4.78 is 2.14. The van der Waals surface area contributed by atoms with Gasteiger partial charge in [-0.05, 0) is 37.1 Å². The zero-order valence-electron chi connectivity index (χ0n) is 11.9. The van der Waals surface area contributed by atoms with Crippen molar-refractivity contribution in [1.82, 2.24) is 9.78 Å². The van der Waals surface area contributed by atoms with Crippen molar-refractivity contribution >= 4 is 12.6 Å². The van der Waals surface area contributed by atoms with E-state index in [2.05, 4.69) is 73.5 Å². The average Bonchev–Trinajstić information content (AvgIpc) is 2.71. The van der Waals surface area contributed by atoms with E-state index in [0.29, 0.717) is 5.92 Å². The largest absolute Gasteiger partial charge is 0.269 e. The normalized spacial score (nSPS) is 12.6. The predicted molar refractivity (Wildman–Crippen MR) is 84.1 cm³/mol. The lowest BCUT2D eigenvalue weighted by Gasteiger charge is -2.16. The highest BCUT2D eigenvalue weighted by atomic mass is 32.1. The summed E-state index contributed by atoms with van der Waals surface area (Å²) in [6, 6.07) is 10.6. The van der Waals surface area contributed by atoms with Crippen LogP contribution < -0.4 is 0 Å². The fourth-order valence-electron chi connectivity index (χ4n) is 2.63. The van der Waals surface area contributed by atoms with Gasteiger partial charge < -0.3 is 0 Å². The summed E-state index contributed by atoms with van der Waals surface area (Å²) in [4.78, 5) is 0. The second-order valence-electron chi connectivity index (χ2n) is 4.98. The number of nitrogens with zero attached hydrogens (tertiary/aromatic N) is 2. The summed E-state index contributed by atoms with van der Waals surface area (Å²) in [6.07, 6.45) is 1.05. The van der Waals surface area contributed by atoms with Crippen LogP contribution in [0.2, 0.25) is 0 Å². The Hall–Kier alpha value is -1.22. The Morgan fingerprint density at radius 2 is 1.89 bits per heavy atom. The van der Waals surface area contributed by atoms with Crippen LogP contribution in [0.4, 0.5) is 0 Å². The SMILES string of the molecule is CCc1c(C)nn(CC(CS)c2ccccc2)c1C. The molecule has 0 saturated carbocycles. The van der Waals surface area contributed by atoms with Crippen LogP contribution in [-0.4, -0.2) is 15.5 Å². The van der Waals surface area contributed by atoms with Crippen molar-refractivity contribution in [2.45, 2.75) is 39.7 Å². The van der Waals surface area contributed by atoms with E-state index < -0.39 is 0 Å². The summed E-state index contributed by atoms with van der Waals surface area (Å²) in [5.41, 5.74) is 5.17. The summed E-state index contributed by atoms with van der Waals surface area (Å²) in [5.74, 6) is 1.25. The van der Waals surface area contributed by atoms with E-state index in [1.807, 2.05) is 0 Å². The molecule has 0 spiro atoms. The van der Waals surface area contributed by atoms with Gasteiger partial charge in [0, 0.05) is 18.2 Å². The fraction of sp³-hybridized carbons (Fsp3) is 0.438. The monoisotopic (exact) mass is 274 g/mol. The van der Waals surface area contributed by atoms with Crippen molar-refractivity contribution in [2.75, 3.05) is 5.75 Å². The van der Waals surface area contributed by atoms with E-state index in [-0.39, 0.29) is 0 Å². The van der Waals surface area contributed by atoms with Gasteiger partial charge >= 0.3 is 0 Å². The van der Waals surface area contributed by atoms with E-state index in [4.69, 9.17) is 0 Å². The quantitative estimate of drug-likeness (QED) is 0.822. The minimum absolute atomic E-state index is 0.409. The molecule has 0 amide bonds. The molecule has 3 heteroatoms. The smallest absolute Gasteiger partial charge is 0.0628 e. The van der Waals surface area contributed by atoms with Gasteiger partial charge in [-0.25, -0.2) is 0 Å². The van der Waals surface area contributed by atoms with Crippen LogP contribution in [0.15, 0.2) is 30.3 Å². The first-order valence-corrected chi connectivity index (χ1v) is 7.49. The van der Waals surface area contributed by atoms with Crippen molar-refractivity contribution in [1.29, 1.82) is 0 Å². The van der Waals surface area contributed by atoms with Gasteiger partial charge in [-0.2, -0.15) is 17.7 Å². The van der Waals surface area contributed by atoms with E-state index in [1.165, 1.54) is 16.8 Å². The van der Waals surface area contributed by atoms with Crippen LogP contribution in [0, 0.1) is 13.8 Å². The van der Waals surface area contributed by atoms with Crippen LogP contribution in [0.5, 0.6) is 0 Å². The van der Waals surface area contributed by atoms with Gasteiger partial charge in [0.05, 0.1) is 5.69 Å². The number of hydrogen-bond acceptors (Lipinski definition) is 2. The zero-order valence-corrected chi connectivity index (χ0v) is 12.8. The highest BCUT2D eigenvalue weighted by Crippen LogP contribution is 2.22. The van der Waals surface area contributed by atoms with Gasteiger partial charge in [0.1, 0.15) is 0 Å². The van der Waals surface area contributed by atoms with Crippen LogP contribution in [0.3, 0.4) is 0 Å². The Morgan fingerprint density at radius 3 is 2.42 bits per heavy atom. The van der Waals surface area contributed by atoms with Gasteiger partial charge in [-0.3, -0.25) is 4.68 Å². The molecular weight excluding hydrogens is 252 g/mol. The van der Waals surface area contributed by atoms with Crippen LogP contribution in [-0.2, 0) is 13.0 Å². The summed E-state index contributed by atoms with van der Waals surface area (Å²) in [6.45, 7) is 7.36. The van der Waals surface area contributed by atoms with Crippen molar-refractivity contribution in [2.24, 2.45) is 0 Å². The lowest BCUT2D eigenvalue weighted by Crippen LogP contribution is -2.13. The maximum Gasteiger partial charge on any atom is 0.0628 e. The van der Waals surface area contributed by atoms with Crippen molar-refractivity contribution in [3.8, 4) is 0 Å². The highest BCUT2D eigenvalue weighted by Gasteiger charge is 2.15. The molecule has 0 aliphatic carbocycles. The highest BCUT2D eigenvalue weighted by molar-refractivity contribution is 7.80. The molecule has 0 N–H and O–H groups in total. The Kier molecular flexibility index (Phi) is 4.70. The fourth-order valence-corrected chi connectivity index (χ4v) is 2.95. The molecule has 19 heavy (non-hydrogen) atoms. The molecule has 0 bridgehead atoms. The summed E-state index contributed by atoms with van der Waals surface area (Å²) in [5, 5.41) is 4.68. The van der Waals surface area contributed by atoms with Crippen LogP contribution in [0.1, 0.15) is 35.4 Å². The molecule has 2 rings (SSSR count). The average molecular weight is 274 g/mol. The van der Waals surface area contributed by atoms with Gasteiger partial charge in [0.2, 0.25) is 0 Å². The molecule has 102 valence electrons. The van der Waals surface area contributed by atoms with Crippen LogP contribution >= 0.6 is 12.6 Å². The Balaban J connectivity index is 2.24. The minimum Gasteiger partial charge on any atom is -0.269 e. The second kappa shape index (κ2) is 6.29. The second-order valence-corrected chi connectivity index (χ2v) is 5.34. The molecule has 1 heterocycles. The third-order valence-electron chi connectivity index (χ3n) is 3.77. The number of aryl methyl sites for hydroxylation is 1. The number of rotatable bonds is 5. The molecule has 1 aromatic heterocycles. The molecule has 1 aromatic carbocycles. The Labute approximate surface area is 121 Å². The lowest BCUT2D eigenvalue weighted by atomic mass is 10.0. The molecule has 2 aromatic rings. The molecule has 1 atom stereocenters. The number of hydrogen-bond donors (Lipinski definition) is 1. The van der Waals surface area contributed by atoms with Gasteiger partial charge in [-0.1, -0.05) is 37.3 Å². The number of aromatic nitrogens is 2. The summed E-state index contributed by atoms with van der Waals surface area (Å²) in [7, 11) is 0. The van der Waals surface area contributed by atoms with Gasteiger partial charge in [0.25, 0.3) is 0 Å². The Morgan fingerprint density at radius 1 is 1.21 bits per heavy atom. The minimum atomic E-state index is 0.409. The number of thiol groups is 1. The summed E-state index contributed by atoms with van der Waals surface area (Å²) >= 11 is 4.51. The van der Waals surface area contributed by atoms with Crippen molar-refractivity contribution in [3.05, 3.63) is 52.8 Å². The van der Waals surface area contributed by atoms with Crippen LogP contribution in [0.25, 0.3) is 0 Å². The van der Waals surface area contributed by atoms with E-state index >= 15 is 0 Å². The first-order chi connectivity index (χ1) is 9.17. The Bertz CT molecular complexity index is 531. The van der Waals surface area contributed by atoms with Gasteiger partial charge in [0.15, 0.2) is 0 Å². The third-order valence-corrected chi connectivity index (χ3v) is 4.21. The molecule has 0 radical (unpaired) electrons. The maximum atomic E-state index is 4.68. The lowest BCUT2D eigenvalue weighted by molar-refractivity contribution is 0.534. The molecular formula is C16H22N2S. The maximum absolute atomic E-state index is 4.68. The van der Waals surface area contributed by atoms with Crippen molar-refractivity contribution < 1.29 is 0 Å². The zero-order chi connectivity index (χ0) is 13.8. The third kappa shape index (κ3) is 3.03. The first kappa shape index (κ1) is 14.2. The van der Waals surface area contributed by atoms with Crippen molar-refractivity contribution in [3.63, 3.8) is 0 Å². The molecule has 0 aliphatic heterocycles. The molecule has 2 nitrogen and oxygen atoms in total. The standard InChI is InChI=1S/C16H22N2S/c1-4-16-12(2)17-18(13(16)3)10-15(11-19)14-8-6-5-7-9-14/h5-9,15,19H,4,10-11H2,1-3H3. The van der Waals surface area contributed by atoms with Gasteiger partial charge in [-0.15, -0.1) is 0 Å². The molecule has 0 aliphatic rings. The molecule has 1 unspecified atom stereocenters.